The fraction of sp³-hybridized carbons (Fsp3) is 0.421. The Labute approximate surface area is 148 Å². The maximum Gasteiger partial charge on any atom is 0.254 e. The van der Waals surface area contributed by atoms with E-state index in [-0.39, 0.29) is 12.5 Å². The predicted octanol–water partition coefficient (Wildman–Crippen LogP) is 3.10. The van der Waals surface area contributed by atoms with Crippen LogP contribution in [0.2, 0.25) is 0 Å². The number of hydrogen-bond acceptors (Lipinski definition) is 5. The minimum atomic E-state index is -0.209. The topological polar surface area (TPSA) is 86.7 Å². The second kappa shape index (κ2) is 9.13. The van der Waals surface area contributed by atoms with Gasteiger partial charge in [-0.05, 0) is 36.1 Å². The molecule has 6 heteroatoms. The molecule has 1 aromatic heterocycles. The van der Waals surface area contributed by atoms with Gasteiger partial charge in [-0.25, -0.2) is 0 Å². The maximum absolute atomic E-state index is 12.1. The number of carbonyl (C=O) groups is 1. The van der Waals surface area contributed by atoms with E-state index in [2.05, 4.69) is 19.2 Å². The average Bonchev–Trinajstić information content (AvgIpc) is 3.09. The Morgan fingerprint density at radius 1 is 1.28 bits per heavy atom. The van der Waals surface area contributed by atoms with Crippen LogP contribution in [-0.2, 0) is 13.1 Å². The summed E-state index contributed by atoms with van der Waals surface area (Å²) in [5.74, 6) is 2.32. The Balaban J connectivity index is 1.94. The van der Waals surface area contributed by atoms with E-state index in [1.54, 1.807) is 13.2 Å². The lowest BCUT2D eigenvalue weighted by Gasteiger charge is -2.13. The van der Waals surface area contributed by atoms with Crippen molar-refractivity contribution in [1.82, 2.24) is 5.32 Å². The highest BCUT2D eigenvalue weighted by Gasteiger charge is 2.11. The van der Waals surface area contributed by atoms with Gasteiger partial charge in [-0.15, -0.1) is 0 Å². The average molecular weight is 346 g/mol. The normalized spacial score (nSPS) is 10.8. The highest BCUT2D eigenvalue weighted by molar-refractivity contribution is 5.93. The van der Waals surface area contributed by atoms with E-state index in [0.717, 1.165) is 12.0 Å². The van der Waals surface area contributed by atoms with Crippen molar-refractivity contribution in [3.05, 3.63) is 47.4 Å². The smallest absolute Gasteiger partial charge is 0.254 e. The minimum absolute atomic E-state index is 0.209. The molecule has 0 aliphatic heterocycles. The van der Waals surface area contributed by atoms with Crippen LogP contribution >= 0.6 is 0 Å². The van der Waals surface area contributed by atoms with Gasteiger partial charge in [0.2, 0.25) is 0 Å². The quantitative estimate of drug-likeness (QED) is 0.728. The van der Waals surface area contributed by atoms with Crippen molar-refractivity contribution >= 4 is 5.91 Å². The van der Waals surface area contributed by atoms with Gasteiger partial charge in [0.05, 0.1) is 25.8 Å². The first kappa shape index (κ1) is 18.9. The van der Waals surface area contributed by atoms with Gasteiger partial charge in [-0.1, -0.05) is 19.9 Å². The van der Waals surface area contributed by atoms with Crippen molar-refractivity contribution in [2.75, 3.05) is 13.7 Å². The first-order valence-corrected chi connectivity index (χ1v) is 8.39. The number of hydrogen-bond donors (Lipinski definition) is 2. The molecule has 0 saturated heterocycles. The summed E-state index contributed by atoms with van der Waals surface area (Å²) in [6.45, 7) is 5.60. The molecule has 2 rings (SSSR count). The summed E-state index contributed by atoms with van der Waals surface area (Å²) in [5, 5.41) is 2.85. The molecule has 1 heterocycles. The van der Waals surface area contributed by atoms with E-state index in [1.165, 1.54) is 6.26 Å². The largest absolute Gasteiger partial charge is 0.493 e. The maximum atomic E-state index is 12.1. The van der Waals surface area contributed by atoms with Gasteiger partial charge >= 0.3 is 0 Å². The van der Waals surface area contributed by atoms with E-state index in [4.69, 9.17) is 19.6 Å². The zero-order valence-corrected chi connectivity index (χ0v) is 15.0. The van der Waals surface area contributed by atoms with E-state index in [0.29, 0.717) is 41.9 Å². The van der Waals surface area contributed by atoms with Crippen molar-refractivity contribution in [2.45, 2.75) is 33.4 Å². The van der Waals surface area contributed by atoms with Gasteiger partial charge < -0.3 is 24.9 Å². The summed E-state index contributed by atoms with van der Waals surface area (Å²) in [7, 11) is 1.60. The number of methoxy groups -OCH3 is 1. The van der Waals surface area contributed by atoms with E-state index in [9.17, 15) is 4.79 Å². The summed E-state index contributed by atoms with van der Waals surface area (Å²) < 4.78 is 16.3. The number of furan rings is 1. The monoisotopic (exact) mass is 346 g/mol. The Hall–Kier alpha value is -2.47. The third-order valence-electron chi connectivity index (χ3n) is 3.75. The first-order chi connectivity index (χ1) is 12.0. The molecule has 0 fully saturated rings. The van der Waals surface area contributed by atoms with Gasteiger partial charge in [-0.2, -0.15) is 0 Å². The number of nitrogens with one attached hydrogen (secondary N) is 1. The molecular formula is C19H26N2O4. The van der Waals surface area contributed by atoms with Crippen LogP contribution in [0.15, 0.2) is 34.9 Å². The van der Waals surface area contributed by atoms with Crippen molar-refractivity contribution in [1.29, 1.82) is 0 Å². The van der Waals surface area contributed by atoms with Gasteiger partial charge in [0, 0.05) is 6.54 Å². The summed E-state index contributed by atoms with van der Waals surface area (Å²) in [4.78, 5) is 12.1. The zero-order valence-electron chi connectivity index (χ0n) is 15.0. The summed E-state index contributed by atoms with van der Waals surface area (Å²) in [5.41, 5.74) is 6.85. The van der Waals surface area contributed by atoms with Crippen LogP contribution in [-0.4, -0.2) is 19.6 Å². The molecule has 0 spiro atoms. The Bertz CT molecular complexity index is 694. The van der Waals surface area contributed by atoms with Crippen LogP contribution in [0.4, 0.5) is 0 Å². The third-order valence-corrected chi connectivity index (χ3v) is 3.75. The first-order valence-electron chi connectivity index (χ1n) is 8.39. The molecular weight excluding hydrogens is 320 g/mol. The molecule has 2 aromatic rings. The molecule has 0 radical (unpaired) electrons. The Kier molecular flexibility index (Phi) is 6.89. The molecule has 0 aliphatic rings. The predicted molar refractivity (Wildman–Crippen MR) is 95.7 cm³/mol. The summed E-state index contributed by atoms with van der Waals surface area (Å²) in [6.07, 6.45) is 2.39. The van der Waals surface area contributed by atoms with Crippen LogP contribution in [0, 0.1) is 5.92 Å². The lowest BCUT2D eigenvalue weighted by Crippen LogP contribution is -2.22. The number of benzene rings is 1. The number of nitrogens with two attached hydrogens (primary N) is 1. The van der Waals surface area contributed by atoms with Crippen molar-refractivity contribution in [3.8, 4) is 11.5 Å². The number of amides is 1. The molecule has 25 heavy (non-hydrogen) atoms. The minimum Gasteiger partial charge on any atom is -0.493 e. The van der Waals surface area contributed by atoms with E-state index >= 15 is 0 Å². The van der Waals surface area contributed by atoms with E-state index < -0.39 is 0 Å². The SMILES string of the molecule is COc1cc(CNC(=O)c2coc(CN)c2)ccc1OCCC(C)C. The molecule has 1 amide bonds. The van der Waals surface area contributed by atoms with Crippen LogP contribution in [0.1, 0.15) is 41.9 Å². The standard InChI is InChI=1S/C19H26N2O4/c1-13(2)6-7-24-17-5-4-14(8-18(17)23-3)11-21-19(22)15-9-16(10-20)25-12-15/h4-5,8-9,12-13H,6-7,10-11,20H2,1-3H3,(H,21,22). The zero-order chi connectivity index (χ0) is 18.2. The molecule has 6 nitrogen and oxygen atoms in total. The fourth-order valence-corrected chi connectivity index (χ4v) is 2.24. The summed E-state index contributed by atoms with van der Waals surface area (Å²) in [6, 6.07) is 7.28. The molecule has 0 saturated carbocycles. The number of ether oxygens (including phenoxy) is 2. The molecule has 136 valence electrons. The second-order valence-electron chi connectivity index (χ2n) is 6.20. The van der Waals surface area contributed by atoms with Crippen LogP contribution in [0.25, 0.3) is 0 Å². The van der Waals surface area contributed by atoms with Crippen molar-refractivity contribution in [3.63, 3.8) is 0 Å². The highest BCUT2D eigenvalue weighted by atomic mass is 16.5. The van der Waals surface area contributed by atoms with E-state index in [1.807, 2.05) is 18.2 Å². The Morgan fingerprint density at radius 2 is 2.08 bits per heavy atom. The molecule has 0 aliphatic carbocycles. The van der Waals surface area contributed by atoms with Gasteiger partial charge in [0.1, 0.15) is 12.0 Å². The lowest BCUT2D eigenvalue weighted by atomic mass is 10.1. The van der Waals surface area contributed by atoms with Crippen LogP contribution < -0.4 is 20.5 Å². The molecule has 0 bridgehead atoms. The molecule has 0 atom stereocenters. The molecule has 0 unspecified atom stereocenters. The van der Waals surface area contributed by atoms with Gasteiger partial charge in [-0.3, -0.25) is 4.79 Å². The van der Waals surface area contributed by atoms with Crippen molar-refractivity contribution in [2.24, 2.45) is 11.7 Å². The van der Waals surface area contributed by atoms with Gasteiger partial charge in [0.15, 0.2) is 11.5 Å². The number of carbonyl (C=O) groups excluding carboxylic acids is 1. The highest BCUT2D eigenvalue weighted by Crippen LogP contribution is 2.28. The summed E-state index contributed by atoms with van der Waals surface area (Å²) >= 11 is 0. The fourth-order valence-electron chi connectivity index (χ4n) is 2.24. The number of rotatable bonds is 9. The van der Waals surface area contributed by atoms with Gasteiger partial charge in [0.25, 0.3) is 5.91 Å². The Morgan fingerprint density at radius 3 is 2.72 bits per heavy atom. The van der Waals surface area contributed by atoms with Crippen molar-refractivity contribution < 1.29 is 18.7 Å². The van der Waals surface area contributed by atoms with Crippen LogP contribution in [0.5, 0.6) is 11.5 Å². The molecule has 3 N–H and O–H groups in total. The lowest BCUT2D eigenvalue weighted by molar-refractivity contribution is 0.0950. The molecule has 1 aromatic carbocycles. The second-order valence-corrected chi connectivity index (χ2v) is 6.20. The third kappa shape index (κ3) is 5.53. The van der Waals surface area contributed by atoms with Crippen LogP contribution in [0.3, 0.4) is 0 Å².